The highest BCUT2D eigenvalue weighted by Gasteiger charge is 2.34. The fourth-order valence-electron chi connectivity index (χ4n) is 1.25. The van der Waals surface area contributed by atoms with Crippen LogP contribution in [-0.4, -0.2) is 11.4 Å². The van der Waals surface area contributed by atoms with E-state index in [-0.39, 0.29) is 6.42 Å². The van der Waals surface area contributed by atoms with Gasteiger partial charge in [0.05, 0.1) is 0 Å². The number of rotatable bonds is 2. The molecule has 0 bridgehead atoms. The van der Waals surface area contributed by atoms with Crippen molar-refractivity contribution in [3.8, 4) is 0 Å². The predicted molar refractivity (Wildman–Crippen MR) is 51.4 cm³/mol. The number of hydrogen-bond donors (Lipinski definition) is 0. The van der Waals surface area contributed by atoms with Gasteiger partial charge < -0.3 is 0 Å². The van der Waals surface area contributed by atoms with Crippen molar-refractivity contribution in [2.24, 2.45) is 5.92 Å². The molecule has 1 nitrogen and oxygen atoms in total. The van der Waals surface area contributed by atoms with Gasteiger partial charge in [-0.25, -0.2) is 0 Å². The third-order valence-electron chi connectivity index (χ3n) is 1.95. The average Bonchev–Trinajstić information content (AvgIpc) is 2.14. The Hall–Kier alpha value is -1.03. The predicted octanol–water partition coefficient (Wildman–Crippen LogP) is 3.37. The molecule has 0 aromatic heterocycles. The van der Waals surface area contributed by atoms with Crippen LogP contribution in [0.2, 0.25) is 0 Å². The van der Waals surface area contributed by atoms with Gasteiger partial charge >= 0.3 is 6.18 Å². The lowest BCUT2D eigenvalue weighted by Crippen LogP contribution is -2.15. The lowest BCUT2D eigenvalue weighted by molar-refractivity contribution is -0.107. The van der Waals surface area contributed by atoms with Crippen LogP contribution in [0.5, 0.6) is 0 Å². The minimum absolute atomic E-state index is 0.152. The Balaban J connectivity index is 2.68. The van der Waals surface area contributed by atoms with Gasteiger partial charge in [-0.15, -0.1) is 0 Å². The van der Waals surface area contributed by atoms with Gasteiger partial charge in [-0.1, -0.05) is 24.3 Å². The zero-order chi connectivity index (χ0) is 11.5. The Morgan fingerprint density at radius 3 is 2.73 bits per heavy atom. The molecule has 1 unspecified atom stereocenters. The molecule has 5 heteroatoms. The molecule has 0 saturated carbocycles. The van der Waals surface area contributed by atoms with E-state index in [0.29, 0.717) is 0 Å². The molecule has 0 spiro atoms. The average molecular weight is 237 g/mol. The fourth-order valence-corrected chi connectivity index (χ4v) is 1.32. The summed E-state index contributed by atoms with van der Waals surface area (Å²) in [4.78, 5) is 10.4. The lowest BCUT2D eigenvalue weighted by Gasteiger charge is -2.17. The van der Waals surface area contributed by atoms with E-state index in [9.17, 15) is 18.0 Å². The summed E-state index contributed by atoms with van der Waals surface area (Å²) in [5, 5.41) is -0.688. The summed E-state index contributed by atoms with van der Waals surface area (Å²) >= 11 is 5.04. The van der Waals surface area contributed by atoms with Gasteiger partial charge in [0.1, 0.15) is 0 Å². The van der Waals surface area contributed by atoms with Crippen LogP contribution in [0.25, 0.3) is 0 Å². The maximum absolute atomic E-state index is 12.3. The van der Waals surface area contributed by atoms with Gasteiger partial charge in [0.2, 0.25) is 5.24 Å². The van der Waals surface area contributed by atoms with Crippen LogP contribution in [0.15, 0.2) is 36.0 Å². The van der Waals surface area contributed by atoms with E-state index in [2.05, 4.69) is 0 Å². The van der Waals surface area contributed by atoms with E-state index < -0.39 is 22.9 Å². The van der Waals surface area contributed by atoms with E-state index in [1.54, 1.807) is 6.08 Å². The highest BCUT2D eigenvalue weighted by molar-refractivity contribution is 6.66. The van der Waals surface area contributed by atoms with Crippen molar-refractivity contribution in [3.63, 3.8) is 0 Å². The zero-order valence-electron chi connectivity index (χ0n) is 7.59. The van der Waals surface area contributed by atoms with Gasteiger partial charge in [0.15, 0.2) is 0 Å². The van der Waals surface area contributed by atoms with Gasteiger partial charge in [0, 0.05) is 5.57 Å². The van der Waals surface area contributed by atoms with Crippen molar-refractivity contribution in [1.82, 2.24) is 0 Å². The topological polar surface area (TPSA) is 17.1 Å². The minimum atomic E-state index is -4.30. The van der Waals surface area contributed by atoms with Crippen LogP contribution in [-0.2, 0) is 4.79 Å². The van der Waals surface area contributed by atoms with Crippen molar-refractivity contribution in [2.45, 2.75) is 12.6 Å². The second-order valence-corrected chi connectivity index (χ2v) is 3.48. The van der Waals surface area contributed by atoms with E-state index in [1.165, 1.54) is 12.2 Å². The highest BCUT2D eigenvalue weighted by Crippen LogP contribution is 2.33. The maximum atomic E-state index is 12.3. The largest absolute Gasteiger partial charge is 0.412 e. The third-order valence-corrected chi connectivity index (χ3v) is 2.08. The van der Waals surface area contributed by atoms with Crippen LogP contribution >= 0.6 is 11.6 Å². The van der Waals surface area contributed by atoms with Crippen molar-refractivity contribution < 1.29 is 18.0 Å². The number of alkyl halides is 3. The van der Waals surface area contributed by atoms with Crippen LogP contribution < -0.4 is 0 Å². The quantitative estimate of drug-likeness (QED) is 0.531. The molecule has 15 heavy (non-hydrogen) atoms. The van der Waals surface area contributed by atoms with Crippen LogP contribution in [0, 0.1) is 5.92 Å². The van der Waals surface area contributed by atoms with E-state index in [4.69, 9.17) is 11.6 Å². The molecular formula is C10H8ClF3O. The monoisotopic (exact) mass is 236 g/mol. The zero-order valence-corrected chi connectivity index (χ0v) is 8.35. The van der Waals surface area contributed by atoms with Crippen molar-refractivity contribution in [2.75, 3.05) is 0 Å². The summed E-state index contributed by atoms with van der Waals surface area (Å²) in [5.41, 5.74) is -0.596. The number of hydrogen-bond acceptors (Lipinski definition) is 1. The minimum Gasteiger partial charge on any atom is -0.276 e. The summed E-state index contributed by atoms with van der Waals surface area (Å²) in [6.45, 7) is 0. The lowest BCUT2D eigenvalue weighted by atomic mass is 9.93. The van der Waals surface area contributed by atoms with Gasteiger partial charge in [-0.05, 0) is 30.0 Å². The Bertz CT molecular complexity index is 339. The molecule has 0 radical (unpaired) electrons. The van der Waals surface area contributed by atoms with Crippen molar-refractivity contribution in [3.05, 3.63) is 36.0 Å². The first kappa shape index (κ1) is 12.0. The molecule has 82 valence electrons. The Labute approximate surface area is 89.9 Å². The van der Waals surface area contributed by atoms with Crippen LogP contribution in [0.1, 0.15) is 6.42 Å². The standard InChI is InChI=1S/C10H8ClF3O/c11-9(15)5-4-7-2-1-3-8(6-7)10(12,13)14/h1-5,7H,6H2/b5-4+. The fraction of sp³-hybridized carbons (Fsp3) is 0.300. The van der Waals surface area contributed by atoms with E-state index in [1.807, 2.05) is 0 Å². The first-order valence-electron chi connectivity index (χ1n) is 4.22. The molecule has 0 aliphatic heterocycles. The molecule has 1 aliphatic rings. The molecule has 0 fully saturated rings. The first-order chi connectivity index (χ1) is 6.89. The normalized spacial score (nSPS) is 21.9. The summed E-state index contributed by atoms with van der Waals surface area (Å²) in [7, 11) is 0. The van der Waals surface area contributed by atoms with Crippen LogP contribution in [0.3, 0.4) is 0 Å². The molecule has 1 rings (SSSR count). The molecule has 0 amide bonds. The Kier molecular flexibility index (Phi) is 3.74. The second-order valence-electron chi connectivity index (χ2n) is 3.11. The second kappa shape index (κ2) is 4.66. The smallest absolute Gasteiger partial charge is 0.276 e. The summed E-state index contributed by atoms with van der Waals surface area (Å²) in [6, 6.07) is 0. The number of carbonyl (C=O) groups is 1. The SMILES string of the molecule is O=C(Cl)/C=C/C1C=CC=C(C(F)(F)F)C1. The molecule has 0 aromatic carbocycles. The molecular weight excluding hydrogens is 229 g/mol. The Morgan fingerprint density at radius 2 is 2.20 bits per heavy atom. The summed E-state index contributed by atoms with van der Waals surface area (Å²) in [6.07, 6.45) is 1.93. The molecule has 0 aromatic rings. The van der Waals surface area contributed by atoms with Gasteiger partial charge in [-0.2, -0.15) is 13.2 Å². The maximum Gasteiger partial charge on any atom is 0.412 e. The molecule has 1 aliphatic carbocycles. The summed E-state index contributed by atoms with van der Waals surface area (Å²) < 4.78 is 36.9. The molecule has 1 atom stereocenters. The van der Waals surface area contributed by atoms with E-state index >= 15 is 0 Å². The Morgan fingerprint density at radius 1 is 1.53 bits per heavy atom. The van der Waals surface area contributed by atoms with Crippen molar-refractivity contribution >= 4 is 16.8 Å². The summed E-state index contributed by atoms with van der Waals surface area (Å²) in [5.74, 6) is -0.422. The number of allylic oxidation sites excluding steroid dienone is 6. The van der Waals surface area contributed by atoms with E-state index in [0.717, 1.165) is 12.2 Å². The third kappa shape index (κ3) is 3.91. The molecule has 0 heterocycles. The number of halogens is 4. The number of carbonyl (C=O) groups excluding carboxylic acids is 1. The van der Waals surface area contributed by atoms with Crippen LogP contribution in [0.4, 0.5) is 13.2 Å². The highest BCUT2D eigenvalue weighted by atomic mass is 35.5. The molecule has 0 saturated heterocycles. The molecule has 0 N–H and O–H groups in total. The van der Waals surface area contributed by atoms with Gasteiger partial charge in [0.25, 0.3) is 0 Å². The first-order valence-corrected chi connectivity index (χ1v) is 4.59. The van der Waals surface area contributed by atoms with Crippen molar-refractivity contribution in [1.29, 1.82) is 0 Å². The van der Waals surface area contributed by atoms with Gasteiger partial charge in [-0.3, -0.25) is 4.79 Å².